The van der Waals surface area contributed by atoms with E-state index in [2.05, 4.69) is 10.6 Å². The van der Waals surface area contributed by atoms with Crippen LogP contribution in [0.15, 0.2) is 36.4 Å². The van der Waals surface area contributed by atoms with Gasteiger partial charge in [-0.1, -0.05) is 45.1 Å². The van der Waals surface area contributed by atoms with Gasteiger partial charge in [-0.3, -0.25) is 9.59 Å². The molecule has 0 bridgehead atoms. The number of para-hydroxylation sites is 2. The number of benzene rings is 1. The van der Waals surface area contributed by atoms with Gasteiger partial charge >= 0.3 is 0 Å². The van der Waals surface area contributed by atoms with E-state index in [1.807, 2.05) is 32.9 Å². The molecule has 0 saturated carbocycles. The van der Waals surface area contributed by atoms with Crippen molar-refractivity contribution in [2.24, 2.45) is 5.41 Å². The third-order valence-electron chi connectivity index (χ3n) is 5.02. The number of anilines is 2. The summed E-state index contributed by atoms with van der Waals surface area (Å²) in [7, 11) is 2.81. The quantitative estimate of drug-likeness (QED) is 0.388. The van der Waals surface area contributed by atoms with E-state index in [9.17, 15) is 24.9 Å². The molecular formula is C22H33N3O6. The number of rotatable bonds is 7. The monoisotopic (exact) mass is 435 g/mol. The topological polar surface area (TPSA) is 131 Å². The van der Waals surface area contributed by atoms with E-state index in [1.54, 1.807) is 25.3 Å². The smallest absolute Gasteiger partial charge is 0.252 e. The first kappa shape index (κ1) is 24.8. The lowest BCUT2D eigenvalue weighted by Gasteiger charge is -2.29. The van der Waals surface area contributed by atoms with Crippen LogP contribution in [0.4, 0.5) is 11.4 Å². The number of allylic oxidation sites excluding steroid dienone is 1. The van der Waals surface area contributed by atoms with Crippen LogP contribution < -0.4 is 15.5 Å². The Balaban J connectivity index is 2.08. The molecule has 0 unspecified atom stereocenters. The van der Waals surface area contributed by atoms with E-state index in [0.717, 1.165) is 5.69 Å². The first-order valence-electron chi connectivity index (χ1n) is 10.1. The highest BCUT2D eigenvalue weighted by molar-refractivity contribution is 6.03. The highest BCUT2D eigenvalue weighted by atomic mass is 16.5. The minimum atomic E-state index is -1.71. The molecule has 1 aliphatic heterocycles. The first-order chi connectivity index (χ1) is 14.5. The molecule has 0 radical (unpaired) electrons. The van der Waals surface area contributed by atoms with Gasteiger partial charge in [0.05, 0.1) is 11.4 Å². The predicted octanol–water partition coefficient (Wildman–Crippen LogP) is 0.260. The number of carbonyl (C=O) groups excluding carboxylic acids is 2. The Hall–Kier alpha value is -2.46. The Kier molecular flexibility index (Phi) is 8.19. The number of aliphatic hydroxyl groups is 3. The Bertz CT molecular complexity index is 807. The lowest BCUT2D eigenvalue weighted by atomic mass is 9.94. The van der Waals surface area contributed by atoms with Crippen LogP contribution in [0.3, 0.4) is 0 Å². The molecule has 5 N–H and O–H groups in total. The first-order valence-corrected chi connectivity index (χ1v) is 10.1. The van der Waals surface area contributed by atoms with Crippen LogP contribution in [0.5, 0.6) is 0 Å². The number of aliphatic hydroxyl groups excluding tert-OH is 3. The van der Waals surface area contributed by atoms with Crippen molar-refractivity contribution in [3.8, 4) is 0 Å². The highest BCUT2D eigenvalue weighted by Crippen LogP contribution is 2.27. The molecule has 0 saturated heterocycles. The molecule has 9 nitrogen and oxygen atoms in total. The molecule has 31 heavy (non-hydrogen) atoms. The zero-order valence-corrected chi connectivity index (χ0v) is 18.6. The molecule has 1 heterocycles. The van der Waals surface area contributed by atoms with Crippen LogP contribution in [0.2, 0.25) is 0 Å². The summed E-state index contributed by atoms with van der Waals surface area (Å²) in [5.41, 5.74) is 1.19. The molecule has 2 rings (SSSR count). The van der Waals surface area contributed by atoms with Crippen LogP contribution in [-0.4, -0.2) is 78.3 Å². The summed E-state index contributed by atoms with van der Waals surface area (Å²) in [5, 5.41) is 36.6. The maximum atomic E-state index is 12.8. The molecule has 0 aromatic heterocycles. The predicted molar refractivity (Wildman–Crippen MR) is 118 cm³/mol. The van der Waals surface area contributed by atoms with Crippen LogP contribution in [-0.2, 0) is 14.3 Å². The van der Waals surface area contributed by atoms with Gasteiger partial charge in [0, 0.05) is 20.7 Å². The van der Waals surface area contributed by atoms with Crippen molar-refractivity contribution in [1.29, 1.82) is 0 Å². The number of nitrogens with one attached hydrogen (secondary N) is 2. The maximum Gasteiger partial charge on any atom is 0.252 e. The number of likely N-dealkylation sites (N-methyl/N-ethyl adjacent to an activating group) is 1. The molecule has 2 amide bonds. The minimum absolute atomic E-state index is 0.137. The van der Waals surface area contributed by atoms with E-state index in [4.69, 9.17) is 4.74 Å². The normalized spacial score (nSPS) is 21.0. The standard InChI is InChI=1S/C22H33N3O6/c1-22(2,3)11-10-16(26)17(27)18(28)19(31-5)20(29)24-14-12-23-13-8-6-7-9-15(13)25(4)21(14)30/h6-11,14,16-19,23,26-28H,12H2,1-5H3,(H,24,29)/b11-10+/t14-,16+,17-,18+,19+/m0/s1. The fraction of sp³-hybridized carbons (Fsp3) is 0.545. The number of carbonyl (C=O) groups is 2. The van der Waals surface area contributed by atoms with E-state index in [0.29, 0.717) is 5.69 Å². The average molecular weight is 436 g/mol. The van der Waals surface area contributed by atoms with Crippen LogP contribution >= 0.6 is 0 Å². The Morgan fingerprint density at radius 3 is 2.52 bits per heavy atom. The molecule has 1 aromatic carbocycles. The molecule has 9 heteroatoms. The van der Waals surface area contributed by atoms with Gasteiger partial charge in [0.25, 0.3) is 11.8 Å². The summed E-state index contributed by atoms with van der Waals surface area (Å²) < 4.78 is 5.08. The van der Waals surface area contributed by atoms with E-state index < -0.39 is 36.4 Å². The molecule has 1 aliphatic rings. The summed E-state index contributed by atoms with van der Waals surface area (Å²) in [5.74, 6) is -1.12. The largest absolute Gasteiger partial charge is 0.387 e. The number of hydrogen-bond acceptors (Lipinski definition) is 7. The molecule has 0 aliphatic carbocycles. The number of amides is 2. The van der Waals surface area contributed by atoms with Crippen LogP contribution in [0, 0.1) is 5.41 Å². The van der Waals surface area contributed by atoms with Crippen molar-refractivity contribution in [3.05, 3.63) is 36.4 Å². The Morgan fingerprint density at radius 2 is 1.90 bits per heavy atom. The average Bonchev–Trinajstić information content (AvgIpc) is 2.83. The summed E-state index contributed by atoms with van der Waals surface area (Å²) in [6.07, 6.45) is -3.21. The van der Waals surface area contributed by atoms with Gasteiger partial charge < -0.3 is 35.6 Å². The molecule has 0 fully saturated rings. The van der Waals surface area contributed by atoms with Gasteiger partial charge in [-0.05, 0) is 17.5 Å². The lowest BCUT2D eigenvalue weighted by molar-refractivity contribution is -0.150. The zero-order chi connectivity index (χ0) is 23.3. The van der Waals surface area contributed by atoms with Crippen molar-refractivity contribution < 1.29 is 29.6 Å². The molecule has 172 valence electrons. The third kappa shape index (κ3) is 6.27. The van der Waals surface area contributed by atoms with E-state index in [-0.39, 0.29) is 17.9 Å². The number of methoxy groups -OCH3 is 1. The number of hydrogen-bond donors (Lipinski definition) is 5. The fourth-order valence-electron chi connectivity index (χ4n) is 3.22. The van der Waals surface area contributed by atoms with Crippen molar-refractivity contribution in [1.82, 2.24) is 5.32 Å². The second kappa shape index (κ2) is 10.2. The summed E-state index contributed by atoms with van der Waals surface area (Å²) in [6, 6.07) is 6.34. The summed E-state index contributed by atoms with van der Waals surface area (Å²) in [4.78, 5) is 27.0. The zero-order valence-electron chi connectivity index (χ0n) is 18.6. The lowest BCUT2D eigenvalue weighted by Crippen LogP contribution is -2.57. The minimum Gasteiger partial charge on any atom is -0.387 e. The second-order valence-electron chi connectivity index (χ2n) is 8.71. The SMILES string of the molecule is CO[C@@H](C(=O)N[C@H]1CNc2ccccc2N(C)C1=O)[C@H](O)[C@@H](O)[C@H](O)/C=C/C(C)(C)C. The van der Waals surface area contributed by atoms with Gasteiger partial charge in [-0.2, -0.15) is 0 Å². The second-order valence-corrected chi connectivity index (χ2v) is 8.71. The summed E-state index contributed by atoms with van der Waals surface area (Å²) in [6.45, 7) is 5.88. The van der Waals surface area contributed by atoms with Crippen LogP contribution in [0.25, 0.3) is 0 Å². The molecule has 1 aromatic rings. The fourth-order valence-corrected chi connectivity index (χ4v) is 3.22. The number of nitrogens with zero attached hydrogens (tertiary/aromatic N) is 1. The van der Waals surface area contributed by atoms with Crippen molar-refractivity contribution in [3.63, 3.8) is 0 Å². The Morgan fingerprint density at radius 1 is 1.26 bits per heavy atom. The Labute approximate surface area is 182 Å². The molecular weight excluding hydrogens is 402 g/mol. The van der Waals surface area contributed by atoms with Gasteiger partial charge in [0.15, 0.2) is 6.10 Å². The van der Waals surface area contributed by atoms with Crippen molar-refractivity contribution >= 4 is 23.2 Å². The van der Waals surface area contributed by atoms with Gasteiger partial charge in [0.2, 0.25) is 0 Å². The van der Waals surface area contributed by atoms with E-state index >= 15 is 0 Å². The highest BCUT2D eigenvalue weighted by Gasteiger charge is 2.38. The maximum absolute atomic E-state index is 12.8. The van der Waals surface area contributed by atoms with Crippen molar-refractivity contribution in [2.75, 3.05) is 30.9 Å². The van der Waals surface area contributed by atoms with Gasteiger partial charge in [-0.15, -0.1) is 0 Å². The van der Waals surface area contributed by atoms with E-state index in [1.165, 1.54) is 18.1 Å². The number of fused-ring (bicyclic) bond motifs is 1. The third-order valence-corrected chi connectivity index (χ3v) is 5.02. The van der Waals surface area contributed by atoms with Gasteiger partial charge in [0.1, 0.15) is 24.4 Å². The van der Waals surface area contributed by atoms with Gasteiger partial charge in [-0.25, -0.2) is 0 Å². The summed E-state index contributed by atoms with van der Waals surface area (Å²) >= 11 is 0. The number of ether oxygens (including phenoxy) is 1. The van der Waals surface area contributed by atoms with Crippen molar-refractivity contribution in [2.45, 2.75) is 51.2 Å². The van der Waals surface area contributed by atoms with Crippen LogP contribution in [0.1, 0.15) is 20.8 Å². The molecule has 0 spiro atoms. The molecule has 5 atom stereocenters.